The van der Waals surface area contributed by atoms with Gasteiger partial charge < -0.3 is 15.0 Å². The smallest absolute Gasteiger partial charge is 0.276 e. The van der Waals surface area contributed by atoms with E-state index in [1.807, 2.05) is 4.90 Å². The number of hydrogen-bond donors (Lipinski definition) is 1. The minimum absolute atomic E-state index is 0.0511. The Labute approximate surface area is 175 Å². The fraction of sp³-hybridized carbons (Fsp3) is 0.571. The van der Waals surface area contributed by atoms with Gasteiger partial charge in [-0.15, -0.1) is 0 Å². The molecule has 2 aliphatic heterocycles. The Balaban J connectivity index is 1.32. The van der Waals surface area contributed by atoms with Crippen molar-refractivity contribution < 1.29 is 9.53 Å². The van der Waals surface area contributed by atoms with Gasteiger partial charge in [-0.05, 0) is 25.7 Å². The lowest BCUT2D eigenvalue weighted by molar-refractivity contribution is 0.00153. The normalized spacial score (nSPS) is 20.9. The van der Waals surface area contributed by atoms with Gasteiger partial charge in [-0.25, -0.2) is 19.9 Å². The molecule has 30 heavy (non-hydrogen) atoms. The van der Waals surface area contributed by atoms with Crippen molar-refractivity contribution in [3.05, 3.63) is 36.3 Å². The monoisotopic (exact) mass is 409 g/mol. The van der Waals surface area contributed by atoms with Crippen molar-refractivity contribution in [2.45, 2.75) is 37.6 Å². The summed E-state index contributed by atoms with van der Waals surface area (Å²) in [5.41, 5.74) is 2.00. The molecule has 1 amide bonds. The highest BCUT2D eigenvalue weighted by Crippen LogP contribution is 2.39. The van der Waals surface area contributed by atoms with E-state index in [9.17, 15) is 4.79 Å². The third-order valence-electron chi connectivity index (χ3n) is 6.13. The van der Waals surface area contributed by atoms with Crippen LogP contribution in [0.1, 0.15) is 47.8 Å². The molecule has 9 heteroatoms. The van der Waals surface area contributed by atoms with Gasteiger partial charge in [0.05, 0.1) is 43.2 Å². The Morgan fingerprint density at radius 3 is 2.43 bits per heavy atom. The van der Waals surface area contributed by atoms with Crippen LogP contribution in [0.25, 0.3) is 0 Å². The number of carbonyl (C=O) groups excluding carboxylic acids is 1. The number of anilines is 2. The maximum Gasteiger partial charge on any atom is 0.276 e. The van der Waals surface area contributed by atoms with E-state index in [1.54, 1.807) is 18.6 Å². The summed E-state index contributed by atoms with van der Waals surface area (Å²) in [6.07, 6.45) is 10.8. The Hall–Kier alpha value is -2.65. The summed E-state index contributed by atoms with van der Waals surface area (Å²) in [4.78, 5) is 35.1. The summed E-state index contributed by atoms with van der Waals surface area (Å²) >= 11 is 0. The van der Waals surface area contributed by atoms with E-state index >= 15 is 0 Å². The lowest BCUT2D eigenvalue weighted by Crippen LogP contribution is -2.50. The van der Waals surface area contributed by atoms with E-state index in [4.69, 9.17) is 9.72 Å². The van der Waals surface area contributed by atoms with Gasteiger partial charge in [-0.1, -0.05) is 0 Å². The van der Waals surface area contributed by atoms with Crippen molar-refractivity contribution in [3.8, 4) is 0 Å². The molecule has 0 aromatic carbocycles. The summed E-state index contributed by atoms with van der Waals surface area (Å²) in [6, 6.07) is 0.529. The molecule has 0 unspecified atom stereocenters. The number of aromatic nitrogens is 4. The molecule has 5 rings (SSSR count). The van der Waals surface area contributed by atoms with Crippen LogP contribution in [-0.4, -0.2) is 81.1 Å². The fourth-order valence-corrected chi connectivity index (χ4v) is 4.25. The molecule has 0 atom stereocenters. The van der Waals surface area contributed by atoms with Gasteiger partial charge in [0.15, 0.2) is 11.5 Å². The SMILES string of the molecule is O=C(c1nc(C2CC2)cnc1Nc1cncnc1)N1CCC(N2CCOCC2)CC1. The lowest BCUT2D eigenvalue weighted by Gasteiger charge is -2.40. The van der Waals surface area contributed by atoms with Gasteiger partial charge in [0.2, 0.25) is 0 Å². The van der Waals surface area contributed by atoms with Gasteiger partial charge in [-0.2, -0.15) is 0 Å². The van der Waals surface area contributed by atoms with Gasteiger partial charge in [-0.3, -0.25) is 9.69 Å². The lowest BCUT2D eigenvalue weighted by atomic mass is 10.0. The molecule has 2 saturated heterocycles. The summed E-state index contributed by atoms with van der Waals surface area (Å²) in [5.74, 6) is 0.851. The number of nitrogens with one attached hydrogen (secondary N) is 1. The van der Waals surface area contributed by atoms with E-state index in [0.717, 1.165) is 70.8 Å². The van der Waals surface area contributed by atoms with Crippen LogP contribution in [0, 0.1) is 0 Å². The largest absolute Gasteiger partial charge is 0.379 e. The molecular weight excluding hydrogens is 382 g/mol. The summed E-state index contributed by atoms with van der Waals surface area (Å²) < 4.78 is 5.47. The zero-order valence-corrected chi connectivity index (χ0v) is 17.0. The fourth-order valence-electron chi connectivity index (χ4n) is 4.25. The van der Waals surface area contributed by atoms with Crippen LogP contribution in [0.3, 0.4) is 0 Å². The Morgan fingerprint density at radius 2 is 1.73 bits per heavy atom. The van der Waals surface area contributed by atoms with Gasteiger partial charge in [0.25, 0.3) is 5.91 Å². The second-order valence-corrected chi connectivity index (χ2v) is 8.19. The van der Waals surface area contributed by atoms with Crippen molar-refractivity contribution >= 4 is 17.4 Å². The van der Waals surface area contributed by atoms with Crippen LogP contribution < -0.4 is 5.32 Å². The van der Waals surface area contributed by atoms with E-state index < -0.39 is 0 Å². The molecular formula is C21H27N7O2. The van der Waals surface area contributed by atoms with Crippen LogP contribution in [-0.2, 0) is 4.74 Å². The quantitative estimate of drug-likeness (QED) is 0.799. The van der Waals surface area contributed by atoms with E-state index in [2.05, 4.69) is 25.2 Å². The summed E-state index contributed by atoms with van der Waals surface area (Å²) in [6.45, 7) is 5.07. The zero-order valence-electron chi connectivity index (χ0n) is 17.0. The highest BCUT2D eigenvalue weighted by atomic mass is 16.5. The van der Waals surface area contributed by atoms with Crippen molar-refractivity contribution in [1.82, 2.24) is 29.7 Å². The van der Waals surface area contributed by atoms with E-state index in [1.165, 1.54) is 6.33 Å². The molecule has 3 fully saturated rings. The molecule has 158 valence electrons. The molecule has 1 aliphatic carbocycles. The molecule has 1 saturated carbocycles. The predicted octanol–water partition coefficient (Wildman–Crippen LogP) is 1.82. The number of ether oxygens (including phenoxy) is 1. The average Bonchev–Trinajstić information content (AvgIpc) is 3.66. The molecule has 3 aliphatic rings. The Kier molecular flexibility index (Phi) is 5.54. The van der Waals surface area contributed by atoms with Gasteiger partial charge in [0, 0.05) is 38.1 Å². The van der Waals surface area contributed by atoms with Crippen molar-refractivity contribution in [2.24, 2.45) is 0 Å². The number of carbonyl (C=O) groups is 1. The van der Waals surface area contributed by atoms with Gasteiger partial charge in [0.1, 0.15) is 6.33 Å². The second kappa shape index (κ2) is 8.61. The Morgan fingerprint density at radius 1 is 1.00 bits per heavy atom. The first-order chi connectivity index (χ1) is 14.8. The van der Waals surface area contributed by atoms with Crippen molar-refractivity contribution in [3.63, 3.8) is 0 Å². The van der Waals surface area contributed by atoms with Gasteiger partial charge >= 0.3 is 0 Å². The number of morpholine rings is 1. The molecule has 0 bridgehead atoms. The predicted molar refractivity (Wildman–Crippen MR) is 111 cm³/mol. The highest BCUT2D eigenvalue weighted by molar-refractivity contribution is 5.97. The number of hydrogen-bond acceptors (Lipinski definition) is 8. The molecule has 0 radical (unpaired) electrons. The third-order valence-corrected chi connectivity index (χ3v) is 6.13. The standard InChI is InChI=1S/C21H27N7O2/c29-21(28-5-3-17(4-6-28)27-7-9-30-10-8-27)19-20(25-16-11-22-14-23-12-16)24-13-18(26-19)15-1-2-15/h11-15,17H,1-10H2,(H,24,25). The maximum absolute atomic E-state index is 13.4. The minimum atomic E-state index is -0.0511. The molecule has 2 aromatic rings. The number of amides is 1. The highest BCUT2D eigenvalue weighted by Gasteiger charge is 2.32. The topological polar surface area (TPSA) is 96.4 Å². The minimum Gasteiger partial charge on any atom is -0.379 e. The third kappa shape index (κ3) is 4.27. The van der Waals surface area contributed by atoms with Crippen LogP contribution in [0.4, 0.5) is 11.5 Å². The Bertz CT molecular complexity index is 876. The second-order valence-electron chi connectivity index (χ2n) is 8.19. The summed E-state index contributed by atoms with van der Waals surface area (Å²) in [5, 5.41) is 3.17. The number of nitrogens with zero attached hydrogens (tertiary/aromatic N) is 6. The summed E-state index contributed by atoms with van der Waals surface area (Å²) in [7, 11) is 0. The molecule has 9 nitrogen and oxygen atoms in total. The first-order valence-electron chi connectivity index (χ1n) is 10.8. The first-order valence-corrected chi connectivity index (χ1v) is 10.8. The van der Waals surface area contributed by atoms with Crippen LogP contribution in [0.15, 0.2) is 24.9 Å². The van der Waals surface area contributed by atoms with Crippen LogP contribution in [0.2, 0.25) is 0 Å². The maximum atomic E-state index is 13.4. The van der Waals surface area contributed by atoms with Crippen LogP contribution in [0.5, 0.6) is 0 Å². The molecule has 0 spiro atoms. The zero-order chi connectivity index (χ0) is 20.3. The number of likely N-dealkylation sites (tertiary alicyclic amines) is 1. The number of piperidine rings is 1. The van der Waals surface area contributed by atoms with E-state index in [0.29, 0.717) is 29.2 Å². The molecule has 2 aromatic heterocycles. The average molecular weight is 409 g/mol. The number of rotatable bonds is 5. The van der Waals surface area contributed by atoms with Crippen molar-refractivity contribution in [1.29, 1.82) is 0 Å². The first kappa shape index (κ1) is 19.3. The van der Waals surface area contributed by atoms with Crippen LogP contribution >= 0.6 is 0 Å². The van der Waals surface area contributed by atoms with E-state index in [-0.39, 0.29) is 5.91 Å². The molecule has 4 heterocycles. The molecule has 1 N–H and O–H groups in total. The van der Waals surface area contributed by atoms with Crippen molar-refractivity contribution in [2.75, 3.05) is 44.7 Å².